The van der Waals surface area contributed by atoms with Gasteiger partial charge in [0.25, 0.3) is 0 Å². The maximum Gasteiger partial charge on any atom is 0.0264 e. The molecule has 1 fully saturated rings. The van der Waals surface area contributed by atoms with Crippen molar-refractivity contribution in [1.29, 1.82) is 0 Å². The maximum atomic E-state index is 5.58. The van der Waals surface area contributed by atoms with E-state index < -0.39 is 0 Å². The molecule has 0 aromatic carbocycles. The first-order valence-electron chi connectivity index (χ1n) is 5.33. The number of hydrogen-bond acceptors (Lipinski definition) is 2. The number of rotatable bonds is 4. The highest BCUT2D eigenvalue weighted by Gasteiger charge is 2.44. The number of hydrazine groups is 1. The van der Waals surface area contributed by atoms with Gasteiger partial charge in [-0.25, -0.2) is 0 Å². The Kier molecular flexibility index (Phi) is 3.03. The molecule has 2 nitrogen and oxygen atoms in total. The Morgan fingerprint density at radius 2 is 1.92 bits per heavy atom. The Balaban J connectivity index is 2.33. The largest absolute Gasteiger partial charge is 0.271 e. The summed E-state index contributed by atoms with van der Waals surface area (Å²) in [5, 5.41) is 0. The van der Waals surface area contributed by atoms with Crippen molar-refractivity contribution in [3.05, 3.63) is 0 Å². The summed E-state index contributed by atoms with van der Waals surface area (Å²) in [5.41, 5.74) is 3.91. The van der Waals surface area contributed by atoms with Gasteiger partial charge in [0.1, 0.15) is 0 Å². The summed E-state index contributed by atoms with van der Waals surface area (Å²) in [6.45, 7) is 9.20. The van der Waals surface area contributed by atoms with E-state index in [4.69, 9.17) is 5.84 Å². The summed E-state index contributed by atoms with van der Waals surface area (Å²) in [6.07, 6.45) is 5.13. The van der Waals surface area contributed by atoms with Gasteiger partial charge in [-0.1, -0.05) is 27.7 Å². The summed E-state index contributed by atoms with van der Waals surface area (Å²) in [6, 6.07) is 0.520. The minimum atomic E-state index is 0.431. The summed E-state index contributed by atoms with van der Waals surface area (Å²) in [7, 11) is 0. The Bertz CT molecular complexity index is 165. The van der Waals surface area contributed by atoms with Crippen LogP contribution in [0, 0.1) is 10.8 Å². The molecule has 0 aromatic heterocycles. The van der Waals surface area contributed by atoms with Crippen LogP contribution in [-0.2, 0) is 0 Å². The van der Waals surface area contributed by atoms with E-state index in [1.54, 1.807) is 0 Å². The zero-order chi connectivity index (χ0) is 10.1. The van der Waals surface area contributed by atoms with Crippen molar-refractivity contribution in [2.75, 3.05) is 0 Å². The molecule has 0 bridgehead atoms. The van der Waals surface area contributed by atoms with Crippen molar-refractivity contribution in [1.82, 2.24) is 5.43 Å². The van der Waals surface area contributed by atoms with Crippen molar-refractivity contribution in [3.63, 3.8) is 0 Å². The molecule has 1 atom stereocenters. The van der Waals surface area contributed by atoms with Crippen LogP contribution in [0.5, 0.6) is 0 Å². The van der Waals surface area contributed by atoms with E-state index in [2.05, 4.69) is 33.1 Å². The molecular formula is C11H24N2. The Hall–Kier alpha value is -0.0800. The lowest BCUT2D eigenvalue weighted by atomic mass is 9.85. The lowest BCUT2D eigenvalue weighted by Crippen LogP contribution is -2.41. The van der Waals surface area contributed by atoms with Gasteiger partial charge in [0.15, 0.2) is 0 Å². The molecule has 1 aliphatic rings. The first-order chi connectivity index (χ1) is 5.87. The second-order valence-electron chi connectivity index (χ2n) is 5.97. The van der Waals surface area contributed by atoms with Crippen LogP contribution in [0.15, 0.2) is 0 Å². The third-order valence-corrected chi connectivity index (χ3v) is 3.26. The van der Waals surface area contributed by atoms with Crippen LogP contribution >= 0.6 is 0 Å². The molecule has 0 radical (unpaired) electrons. The molecule has 0 heterocycles. The van der Waals surface area contributed by atoms with Gasteiger partial charge in [-0.3, -0.25) is 11.3 Å². The van der Waals surface area contributed by atoms with Gasteiger partial charge >= 0.3 is 0 Å². The van der Waals surface area contributed by atoms with E-state index in [0.717, 1.165) is 0 Å². The fraction of sp³-hybridized carbons (Fsp3) is 1.00. The Morgan fingerprint density at radius 3 is 2.23 bits per heavy atom. The second-order valence-corrected chi connectivity index (χ2v) is 5.97. The van der Waals surface area contributed by atoms with E-state index in [9.17, 15) is 0 Å². The number of nitrogens with two attached hydrogens (primary N) is 1. The van der Waals surface area contributed by atoms with E-state index in [1.165, 1.54) is 25.7 Å². The first kappa shape index (κ1) is 11.0. The third-order valence-electron chi connectivity index (χ3n) is 3.26. The molecule has 0 aromatic rings. The first-order valence-corrected chi connectivity index (χ1v) is 5.33. The quantitative estimate of drug-likeness (QED) is 0.520. The van der Waals surface area contributed by atoms with Crippen molar-refractivity contribution in [3.8, 4) is 0 Å². The van der Waals surface area contributed by atoms with Crippen molar-refractivity contribution >= 4 is 0 Å². The van der Waals surface area contributed by atoms with Gasteiger partial charge < -0.3 is 0 Å². The molecule has 1 saturated carbocycles. The van der Waals surface area contributed by atoms with Crippen LogP contribution in [0.3, 0.4) is 0 Å². The average molecular weight is 184 g/mol. The molecule has 0 amide bonds. The van der Waals surface area contributed by atoms with Crippen LogP contribution in [-0.4, -0.2) is 6.04 Å². The predicted molar refractivity (Wildman–Crippen MR) is 57.1 cm³/mol. The smallest absolute Gasteiger partial charge is 0.0264 e. The molecular weight excluding hydrogens is 160 g/mol. The zero-order valence-corrected chi connectivity index (χ0v) is 9.48. The Morgan fingerprint density at radius 1 is 1.38 bits per heavy atom. The van der Waals surface area contributed by atoms with Crippen LogP contribution in [0.2, 0.25) is 0 Å². The minimum Gasteiger partial charge on any atom is -0.271 e. The van der Waals surface area contributed by atoms with Crippen LogP contribution in [0.4, 0.5) is 0 Å². The zero-order valence-electron chi connectivity index (χ0n) is 9.48. The molecule has 1 unspecified atom stereocenters. The van der Waals surface area contributed by atoms with Crippen molar-refractivity contribution < 1.29 is 0 Å². The standard InChI is InChI=1S/C11H24N2/c1-10(2,3)6-5-9(13-12)11(4)7-8-11/h9,13H,5-8,12H2,1-4H3. The van der Waals surface area contributed by atoms with E-state index in [1.807, 2.05) is 0 Å². The molecule has 1 aliphatic carbocycles. The molecule has 0 saturated heterocycles. The normalized spacial score (nSPS) is 22.8. The number of nitrogens with one attached hydrogen (secondary N) is 1. The van der Waals surface area contributed by atoms with Crippen LogP contribution in [0.25, 0.3) is 0 Å². The summed E-state index contributed by atoms with van der Waals surface area (Å²) >= 11 is 0. The van der Waals surface area contributed by atoms with E-state index in [-0.39, 0.29) is 0 Å². The monoisotopic (exact) mass is 184 g/mol. The van der Waals surface area contributed by atoms with Crippen molar-refractivity contribution in [2.24, 2.45) is 16.7 Å². The molecule has 2 heteroatoms. The van der Waals surface area contributed by atoms with E-state index in [0.29, 0.717) is 16.9 Å². The number of hydrogen-bond donors (Lipinski definition) is 2. The minimum absolute atomic E-state index is 0.431. The van der Waals surface area contributed by atoms with Gasteiger partial charge in [-0.15, -0.1) is 0 Å². The second kappa shape index (κ2) is 3.58. The van der Waals surface area contributed by atoms with Gasteiger partial charge in [0.05, 0.1) is 0 Å². The molecule has 3 N–H and O–H groups in total. The fourth-order valence-corrected chi connectivity index (χ4v) is 1.76. The lowest BCUT2D eigenvalue weighted by molar-refractivity contribution is 0.277. The highest BCUT2D eigenvalue weighted by Crippen LogP contribution is 2.49. The summed E-state index contributed by atoms with van der Waals surface area (Å²) < 4.78 is 0. The van der Waals surface area contributed by atoms with Crippen LogP contribution < -0.4 is 11.3 Å². The van der Waals surface area contributed by atoms with Gasteiger partial charge in [-0.05, 0) is 36.5 Å². The topological polar surface area (TPSA) is 38.0 Å². The SMILES string of the molecule is CC(C)(C)CCC(NN)C1(C)CC1. The predicted octanol–water partition coefficient (Wildman–Crippen LogP) is 2.44. The Labute approximate surface area is 82.2 Å². The maximum absolute atomic E-state index is 5.58. The fourth-order valence-electron chi connectivity index (χ4n) is 1.76. The molecule has 78 valence electrons. The van der Waals surface area contributed by atoms with Crippen LogP contribution in [0.1, 0.15) is 53.4 Å². The molecule has 0 spiro atoms. The molecule has 1 rings (SSSR count). The van der Waals surface area contributed by atoms with Gasteiger partial charge in [0, 0.05) is 6.04 Å². The van der Waals surface area contributed by atoms with Crippen molar-refractivity contribution in [2.45, 2.75) is 59.4 Å². The lowest BCUT2D eigenvalue weighted by Gasteiger charge is -2.26. The summed E-state index contributed by atoms with van der Waals surface area (Å²) in [4.78, 5) is 0. The van der Waals surface area contributed by atoms with Gasteiger partial charge in [-0.2, -0.15) is 0 Å². The highest BCUT2D eigenvalue weighted by atomic mass is 15.2. The third kappa shape index (κ3) is 3.28. The molecule has 0 aliphatic heterocycles. The van der Waals surface area contributed by atoms with E-state index >= 15 is 0 Å². The highest BCUT2D eigenvalue weighted by molar-refractivity contribution is 4.98. The summed E-state index contributed by atoms with van der Waals surface area (Å²) in [5.74, 6) is 5.58. The van der Waals surface area contributed by atoms with Gasteiger partial charge in [0.2, 0.25) is 0 Å². The average Bonchev–Trinajstić information content (AvgIpc) is 2.67. The molecule has 13 heavy (non-hydrogen) atoms.